The van der Waals surface area contributed by atoms with E-state index < -0.39 is 15.9 Å². The third-order valence-electron chi connectivity index (χ3n) is 3.54. The third kappa shape index (κ3) is 4.35. The quantitative estimate of drug-likeness (QED) is 0.842. The predicted octanol–water partition coefficient (Wildman–Crippen LogP) is 1.06. The number of phenols is 1. The maximum absolute atomic E-state index is 12.4. The Labute approximate surface area is 129 Å². The van der Waals surface area contributed by atoms with E-state index in [1.165, 1.54) is 24.1 Å². The molecule has 1 saturated heterocycles. The number of methoxy groups -OCH3 is 1. The average Bonchev–Trinajstić information content (AvgIpc) is 2.79. The van der Waals surface area contributed by atoms with E-state index in [1.807, 2.05) is 0 Å². The minimum atomic E-state index is -3.08. The van der Waals surface area contributed by atoms with E-state index in [9.17, 15) is 18.3 Å². The molecule has 0 bridgehead atoms. The molecule has 122 valence electrons. The summed E-state index contributed by atoms with van der Waals surface area (Å²) >= 11 is 0. The lowest BCUT2D eigenvalue weighted by molar-refractivity contribution is 0.140. The Hall–Kier alpha value is -1.80. The summed E-state index contributed by atoms with van der Waals surface area (Å²) in [5, 5.41) is 12.1. The highest BCUT2D eigenvalue weighted by molar-refractivity contribution is 7.91. The highest BCUT2D eigenvalue weighted by Crippen LogP contribution is 2.20. The summed E-state index contributed by atoms with van der Waals surface area (Å²) in [5.74, 6) is 0.120. The van der Waals surface area contributed by atoms with Gasteiger partial charge in [0.15, 0.2) is 9.84 Å². The number of nitrogens with one attached hydrogen (secondary N) is 1. The van der Waals surface area contributed by atoms with E-state index >= 15 is 0 Å². The molecule has 0 radical (unpaired) electrons. The number of aromatic hydroxyl groups is 1. The van der Waals surface area contributed by atoms with E-state index in [1.54, 1.807) is 12.1 Å². The summed E-state index contributed by atoms with van der Waals surface area (Å²) in [6.45, 7) is 0.630. The number of amides is 2. The molecule has 1 aliphatic heterocycles. The zero-order valence-corrected chi connectivity index (χ0v) is 13.2. The van der Waals surface area contributed by atoms with Gasteiger partial charge in [0, 0.05) is 31.5 Å². The summed E-state index contributed by atoms with van der Waals surface area (Å²) in [4.78, 5) is 13.9. The van der Waals surface area contributed by atoms with Crippen LogP contribution >= 0.6 is 0 Å². The number of hydrogen-bond acceptors (Lipinski definition) is 5. The van der Waals surface area contributed by atoms with Gasteiger partial charge < -0.3 is 20.1 Å². The first kappa shape index (κ1) is 16.6. The SMILES string of the molecule is COCCN(C(=O)Nc1cccc(O)c1)C1CCS(=O)(=O)C1. The highest BCUT2D eigenvalue weighted by atomic mass is 32.2. The molecule has 0 aliphatic carbocycles. The molecule has 2 N–H and O–H groups in total. The lowest BCUT2D eigenvalue weighted by atomic mass is 10.2. The smallest absolute Gasteiger partial charge is 0.322 e. The maximum atomic E-state index is 12.4. The van der Waals surface area contributed by atoms with Crippen molar-refractivity contribution in [3.8, 4) is 5.75 Å². The molecule has 1 aliphatic rings. The van der Waals surface area contributed by atoms with Crippen molar-refractivity contribution in [1.82, 2.24) is 4.90 Å². The first-order chi connectivity index (χ1) is 10.4. The Balaban J connectivity index is 2.09. The van der Waals surface area contributed by atoms with Gasteiger partial charge in [0.1, 0.15) is 5.75 Å². The first-order valence-corrected chi connectivity index (χ1v) is 8.79. The fraction of sp³-hybridized carbons (Fsp3) is 0.500. The number of carbonyl (C=O) groups is 1. The van der Waals surface area contributed by atoms with Crippen LogP contribution in [0.3, 0.4) is 0 Å². The van der Waals surface area contributed by atoms with Gasteiger partial charge in [-0.25, -0.2) is 13.2 Å². The van der Waals surface area contributed by atoms with Crippen molar-refractivity contribution in [3.05, 3.63) is 24.3 Å². The molecule has 22 heavy (non-hydrogen) atoms. The molecule has 1 heterocycles. The van der Waals surface area contributed by atoms with Crippen LogP contribution in [0.4, 0.5) is 10.5 Å². The van der Waals surface area contributed by atoms with Gasteiger partial charge in [0.2, 0.25) is 0 Å². The van der Waals surface area contributed by atoms with Gasteiger partial charge in [0.05, 0.1) is 18.1 Å². The Kier molecular flexibility index (Phi) is 5.25. The molecule has 0 spiro atoms. The summed E-state index contributed by atoms with van der Waals surface area (Å²) in [5.41, 5.74) is 0.452. The Morgan fingerprint density at radius 2 is 2.27 bits per heavy atom. The average molecular weight is 328 g/mol. The molecular formula is C14H20N2O5S. The standard InChI is InChI=1S/C14H20N2O5S/c1-21-7-6-16(12-5-8-22(19,20)10-12)14(18)15-11-3-2-4-13(17)9-11/h2-4,9,12,17H,5-8,10H2,1H3,(H,15,18). The second kappa shape index (κ2) is 6.97. The van der Waals surface area contributed by atoms with Gasteiger partial charge in [-0.05, 0) is 18.6 Å². The largest absolute Gasteiger partial charge is 0.508 e. The zero-order chi connectivity index (χ0) is 16.2. The second-order valence-electron chi connectivity index (χ2n) is 5.22. The molecular weight excluding hydrogens is 308 g/mol. The number of nitrogens with zero attached hydrogens (tertiary/aromatic N) is 1. The molecule has 0 saturated carbocycles. The fourth-order valence-electron chi connectivity index (χ4n) is 2.44. The van der Waals surface area contributed by atoms with Crippen LogP contribution in [0.5, 0.6) is 5.75 Å². The summed E-state index contributed by atoms with van der Waals surface area (Å²) in [6.07, 6.45) is 0.430. The molecule has 1 unspecified atom stereocenters. The van der Waals surface area contributed by atoms with Crippen molar-refractivity contribution in [2.45, 2.75) is 12.5 Å². The van der Waals surface area contributed by atoms with Crippen molar-refractivity contribution in [2.75, 3.05) is 37.1 Å². The van der Waals surface area contributed by atoms with Crippen molar-refractivity contribution in [1.29, 1.82) is 0 Å². The molecule has 1 atom stereocenters. The Bertz CT molecular complexity index is 632. The summed E-state index contributed by atoms with van der Waals surface area (Å²) < 4.78 is 28.2. The maximum Gasteiger partial charge on any atom is 0.322 e. The monoisotopic (exact) mass is 328 g/mol. The molecule has 2 amide bonds. The molecule has 1 fully saturated rings. The Morgan fingerprint density at radius 3 is 2.86 bits per heavy atom. The minimum Gasteiger partial charge on any atom is -0.508 e. The molecule has 2 rings (SSSR count). The summed E-state index contributed by atoms with van der Waals surface area (Å²) in [7, 11) is -1.56. The normalized spacial score (nSPS) is 19.8. The number of urea groups is 1. The third-order valence-corrected chi connectivity index (χ3v) is 5.29. The number of hydrogen-bond donors (Lipinski definition) is 2. The van der Waals surface area contributed by atoms with E-state index in [-0.39, 0.29) is 23.3 Å². The highest BCUT2D eigenvalue weighted by Gasteiger charge is 2.34. The van der Waals surface area contributed by atoms with Crippen LogP contribution < -0.4 is 5.32 Å². The minimum absolute atomic E-state index is 0.0236. The van der Waals surface area contributed by atoms with Crippen molar-refractivity contribution < 1.29 is 23.1 Å². The fourth-order valence-corrected chi connectivity index (χ4v) is 4.17. The number of ether oxygens (including phenoxy) is 1. The van der Waals surface area contributed by atoms with Gasteiger partial charge in [-0.15, -0.1) is 0 Å². The number of rotatable bonds is 5. The second-order valence-corrected chi connectivity index (χ2v) is 7.45. The van der Waals surface area contributed by atoms with Crippen LogP contribution in [0, 0.1) is 0 Å². The molecule has 1 aromatic rings. The molecule has 8 heteroatoms. The zero-order valence-electron chi connectivity index (χ0n) is 12.4. The van der Waals surface area contributed by atoms with Crippen LogP contribution in [0.25, 0.3) is 0 Å². The number of anilines is 1. The lowest BCUT2D eigenvalue weighted by Gasteiger charge is -2.28. The number of sulfone groups is 1. The van der Waals surface area contributed by atoms with Crippen LogP contribution in [0.15, 0.2) is 24.3 Å². The van der Waals surface area contributed by atoms with Gasteiger partial charge in [0.25, 0.3) is 0 Å². The van der Waals surface area contributed by atoms with Gasteiger partial charge >= 0.3 is 6.03 Å². The first-order valence-electron chi connectivity index (χ1n) is 6.97. The molecule has 1 aromatic carbocycles. The van der Waals surface area contributed by atoms with Crippen LogP contribution in [-0.4, -0.2) is 62.3 Å². The van der Waals surface area contributed by atoms with Crippen molar-refractivity contribution in [3.63, 3.8) is 0 Å². The topological polar surface area (TPSA) is 95.9 Å². The number of carbonyl (C=O) groups excluding carboxylic acids is 1. The molecule has 0 aromatic heterocycles. The van der Waals surface area contributed by atoms with Crippen molar-refractivity contribution >= 4 is 21.6 Å². The van der Waals surface area contributed by atoms with E-state index in [2.05, 4.69) is 5.32 Å². The number of phenolic OH excluding ortho intramolecular Hbond substituents is 1. The van der Waals surface area contributed by atoms with Gasteiger partial charge in [-0.1, -0.05) is 6.07 Å². The number of benzene rings is 1. The van der Waals surface area contributed by atoms with E-state index in [4.69, 9.17) is 4.74 Å². The predicted molar refractivity (Wildman–Crippen MR) is 82.8 cm³/mol. The van der Waals surface area contributed by atoms with Crippen LogP contribution in [-0.2, 0) is 14.6 Å². The lowest BCUT2D eigenvalue weighted by Crippen LogP contribution is -2.45. The summed E-state index contributed by atoms with van der Waals surface area (Å²) in [6, 6.07) is 5.45. The van der Waals surface area contributed by atoms with Crippen LogP contribution in [0.2, 0.25) is 0 Å². The van der Waals surface area contributed by atoms with Crippen LogP contribution in [0.1, 0.15) is 6.42 Å². The van der Waals surface area contributed by atoms with Gasteiger partial charge in [-0.2, -0.15) is 0 Å². The van der Waals surface area contributed by atoms with E-state index in [0.29, 0.717) is 25.3 Å². The Morgan fingerprint density at radius 1 is 1.50 bits per heavy atom. The molecule has 7 nitrogen and oxygen atoms in total. The van der Waals surface area contributed by atoms with Gasteiger partial charge in [-0.3, -0.25) is 0 Å². The van der Waals surface area contributed by atoms with Crippen molar-refractivity contribution in [2.24, 2.45) is 0 Å². The van der Waals surface area contributed by atoms with E-state index in [0.717, 1.165) is 0 Å².